The van der Waals surface area contributed by atoms with E-state index in [2.05, 4.69) is 15.6 Å². The minimum atomic E-state index is -0.0465. The number of carbonyl (C=O) groups is 3. The SMILES string of the molecule is O=C1CCC(CCC(=O)N2CCC(c3ccc(C(=O)NCC4CC4)cn3)CC2)N1. The molecule has 3 fully saturated rings. The van der Waals surface area contributed by atoms with Crippen LogP contribution in [0.3, 0.4) is 0 Å². The van der Waals surface area contributed by atoms with Crippen LogP contribution in [0.5, 0.6) is 0 Å². The number of amides is 3. The number of piperidine rings is 1. The highest BCUT2D eigenvalue weighted by Crippen LogP contribution is 2.28. The number of carbonyl (C=O) groups excluding carboxylic acids is 3. The molecule has 1 aromatic rings. The molecule has 7 heteroatoms. The van der Waals surface area contributed by atoms with Gasteiger partial charge in [-0.1, -0.05) is 0 Å². The summed E-state index contributed by atoms with van der Waals surface area (Å²) in [4.78, 5) is 42.3. The molecule has 0 spiro atoms. The molecule has 156 valence electrons. The molecule has 3 aliphatic rings. The van der Waals surface area contributed by atoms with E-state index >= 15 is 0 Å². The Morgan fingerprint density at radius 3 is 2.55 bits per heavy atom. The fraction of sp³-hybridized carbons (Fsp3) is 0.636. The lowest BCUT2D eigenvalue weighted by molar-refractivity contribution is -0.132. The molecule has 2 aliphatic heterocycles. The summed E-state index contributed by atoms with van der Waals surface area (Å²) in [5.41, 5.74) is 1.62. The third kappa shape index (κ3) is 5.34. The van der Waals surface area contributed by atoms with Crippen molar-refractivity contribution in [2.24, 2.45) is 5.92 Å². The van der Waals surface area contributed by atoms with Crippen LogP contribution in [-0.4, -0.2) is 53.3 Å². The molecule has 1 aliphatic carbocycles. The third-order valence-electron chi connectivity index (χ3n) is 6.35. The van der Waals surface area contributed by atoms with Gasteiger partial charge in [-0.3, -0.25) is 19.4 Å². The molecule has 0 radical (unpaired) electrons. The van der Waals surface area contributed by atoms with Gasteiger partial charge in [-0.25, -0.2) is 0 Å². The van der Waals surface area contributed by atoms with Crippen molar-refractivity contribution < 1.29 is 14.4 Å². The van der Waals surface area contributed by atoms with E-state index in [9.17, 15) is 14.4 Å². The number of hydrogen-bond acceptors (Lipinski definition) is 4. The molecule has 1 aromatic heterocycles. The van der Waals surface area contributed by atoms with Crippen molar-refractivity contribution in [1.29, 1.82) is 0 Å². The minimum absolute atomic E-state index is 0.0465. The third-order valence-corrected chi connectivity index (χ3v) is 6.35. The number of likely N-dealkylation sites (tertiary alicyclic amines) is 1. The van der Waals surface area contributed by atoms with Crippen LogP contribution in [0.1, 0.15) is 73.3 Å². The molecule has 2 saturated heterocycles. The van der Waals surface area contributed by atoms with Gasteiger partial charge in [-0.2, -0.15) is 0 Å². The van der Waals surface area contributed by atoms with E-state index in [-0.39, 0.29) is 23.8 Å². The van der Waals surface area contributed by atoms with Crippen LogP contribution in [-0.2, 0) is 9.59 Å². The standard InChI is InChI=1S/C22H30N4O3/c27-20-7-4-18(25-20)5-8-21(28)26-11-9-16(10-12-26)19-6-3-17(14-23-19)22(29)24-13-15-1-2-15/h3,6,14-16,18H,1-2,4-5,7-13H2,(H,24,29)(H,25,27). The first kappa shape index (κ1) is 19.9. The van der Waals surface area contributed by atoms with Gasteiger partial charge in [0, 0.05) is 56.3 Å². The molecule has 29 heavy (non-hydrogen) atoms. The predicted molar refractivity (Wildman–Crippen MR) is 108 cm³/mol. The molecule has 4 rings (SSSR count). The second kappa shape index (κ2) is 8.93. The molecule has 3 heterocycles. The molecule has 0 aromatic carbocycles. The van der Waals surface area contributed by atoms with Crippen molar-refractivity contribution in [3.05, 3.63) is 29.6 Å². The first-order chi connectivity index (χ1) is 14.1. The molecule has 0 bridgehead atoms. The Labute approximate surface area is 171 Å². The van der Waals surface area contributed by atoms with Crippen LogP contribution in [0, 0.1) is 5.92 Å². The number of hydrogen-bond donors (Lipinski definition) is 2. The summed E-state index contributed by atoms with van der Waals surface area (Å²) in [6.45, 7) is 2.25. The van der Waals surface area contributed by atoms with Crippen LogP contribution < -0.4 is 10.6 Å². The molecule has 1 unspecified atom stereocenters. The minimum Gasteiger partial charge on any atom is -0.353 e. The largest absolute Gasteiger partial charge is 0.353 e. The van der Waals surface area contributed by atoms with E-state index in [1.54, 1.807) is 6.20 Å². The Morgan fingerprint density at radius 1 is 1.14 bits per heavy atom. The first-order valence-electron chi connectivity index (χ1n) is 10.9. The molecular weight excluding hydrogens is 368 g/mol. The molecule has 1 atom stereocenters. The van der Waals surface area contributed by atoms with Gasteiger partial charge in [0.05, 0.1) is 5.56 Å². The molecule has 2 N–H and O–H groups in total. The second-order valence-electron chi connectivity index (χ2n) is 8.62. The van der Waals surface area contributed by atoms with Crippen molar-refractivity contribution >= 4 is 17.7 Å². The summed E-state index contributed by atoms with van der Waals surface area (Å²) in [6, 6.07) is 3.97. The predicted octanol–water partition coefficient (Wildman–Crippen LogP) is 1.99. The zero-order chi connectivity index (χ0) is 20.2. The summed E-state index contributed by atoms with van der Waals surface area (Å²) in [5, 5.41) is 5.89. The fourth-order valence-corrected chi connectivity index (χ4v) is 4.22. The molecule has 3 amide bonds. The highest BCUT2D eigenvalue weighted by atomic mass is 16.2. The Kier molecular flexibility index (Phi) is 6.11. The van der Waals surface area contributed by atoms with Crippen LogP contribution in [0.25, 0.3) is 0 Å². The van der Waals surface area contributed by atoms with Gasteiger partial charge < -0.3 is 15.5 Å². The lowest BCUT2D eigenvalue weighted by Gasteiger charge is -2.32. The average molecular weight is 399 g/mol. The number of pyridine rings is 1. The fourth-order valence-electron chi connectivity index (χ4n) is 4.22. The van der Waals surface area contributed by atoms with E-state index in [0.29, 0.717) is 30.2 Å². The Balaban J connectivity index is 1.21. The van der Waals surface area contributed by atoms with Crippen LogP contribution in [0.2, 0.25) is 0 Å². The van der Waals surface area contributed by atoms with Crippen LogP contribution in [0.4, 0.5) is 0 Å². The van der Waals surface area contributed by atoms with Crippen LogP contribution in [0.15, 0.2) is 18.3 Å². The van der Waals surface area contributed by atoms with E-state index in [0.717, 1.165) is 51.0 Å². The quantitative estimate of drug-likeness (QED) is 0.735. The number of rotatable bonds is 7. The Morgan fingerprint density at radius 2 is 1.93 bits per heavy atom. The zero-order valence-corrected chi connectivity index (χ0v) is 16.9. The first-order valence-corrected chi connectivity index (χ1v) is 10.9. The smallest absolute Gasteiger partial charge is 0.252 e. The number of nitrogens with one attached hydrogen (secondary N) is 2. The molecular formula is C22H30N4O3. The average Bonchev–Trinajstić information content (AvgIpc) is 3.50. The van der Waals surface area contributed by atoms with E-state index in [1.807, 2.05) is 17.0 Å². The van der Waals surface area contributed by atoms with Crippen molar-refractivity contribution in [2.45, 2.75) is 63.3 Å². The molecule has 1 saturated carbocycles. The molecule has 7 nitrogen and oxygen atoms in total. The normalized spacial score (nSPS) is 22.4. The highest BCUT2D eigenvalue weighted by Gasteiger charge is 2.27. The maximum absolute atomic E-state index is 12.5. The summed E-state index contributed by atoms with van der Waals surface area (Å²) >= 11 is 0. The summed E-state index contributed by atoms with van der Waals surface area (Å²) in [7, 11) is 0. The van der Waals surface area contributed by atoms with Gasteiger partial charge in [-0.05, 0) is 56.6 Å². The number of aromatic nitrogens is 1. The van der Waals surface area contributed by atoms with Crippen LogP contribution >= 0.6 is 0 Å². The van der Waals surface area contributed by atoms with Gasteiger partial charge in [0.15, 0.2) is 0 Å². The van der Waals surface area contributed by atoms with Gasteiger partial charge in [0.2, 0.25) is 11.8 Å². The van der Waals surface area contributed by atoms with Gasteiger partial charge >= 0.3 is 0 Å². The lowest BCUT2D eigenvalue weighted by Crippen LogP contribution is -2.38. The Hall–Kier alpha value is -2.44. The van der Waals surface area contributed by atoms with Gasteiger partial charge in [-0.15, -0.1) is 0 Å². The summed E-state index contributed by atoms with van der Waals surface area (Å²) < 4.78 is 0. The zero-order valence-electron chi connectivity index (χ0n) is 16.9. The highest BCUT2D eigenvalue weighted by molar-refractivity contribution is 5.93. The monoisotopic (exact) mass is 398 g/mol. The summed E-state index contributed by atoms with van der Waals surface area (Å²) in [5.74, 6) is 1.23. The lowest BCUT2D eigenvalue weighted by atomic mass is 9.92. The van der Waals surface area contributed by atoms with Crippen molar-refractivity contribution in [2.75, 3.05) is 19.6 Å². The van der Waals surface area contributed by atoms with E-state index < -0.39 is 0 Å². The summed E-state index contributed by atoms with van der Waals surface area (Å²) in [6.07, 6.45) is 8.55. The van der Waals surface area contributed by atoms with E-state index in [1.165, 1.54) is 12.8 Å². The van der Waals surface area contributed by atoms with Crippen molar-refractivity contribution in [3.63, 3.8) is 0 Å². The van der Waals surface area contributed by atoms with Gasteiger partial charge in [0.25, 0.3) is 5.91 Å². The maximum atomic E-state index is 12.5. The van der Waals surface area contributed by atoms with Crippen molar-refractivity contribution in [3.8, 4) is 0 Å². The van der Waals surface area contributed by atoms with E-state index in [4.69, 9.17) is 0 Å². The second-order valence-corrected chi connectivity index (χ2v) is 8.62. The number of nitrogens with zero attached hydrogens (tertiary/aromatic N) is 2. The van der Waals surface area contributed by atoms with Crippen molar-refractivity contribution in [1.82, 2.24) is 20.5 Å². The maximum Gasteiger partial charge on any atom is 0.252 e. The topological polar surface area (TPSA) is 91.4 Å². The van der Waals surface area contributed by atoms with Gasteiger partial charge in [0.1, 0.15) is 0 Å². The Bertz CT molecular complexity index is 752.